The molecule has 0 atom stereocenters. The highest BCUT2D eigenvalue weighted by molar-refractivity contribution is 5.48. The molecule has 0 unspecified atom stereocenters. The van der Waals surface area contributed by atoms with Gasteiger partial charge in [-0.25, -0.2) is 0 Å². The maximum absolute atomic E-state index is 5.56. The molecule has 2 aromatic carbocycles. The van der Waals surface area contributed by atoms with Crippen LogP contribution in [-0.4, -0.2) is 38.9 Å². The molecule has 1 aromatic heterocycles. The first kappa shape index (κ1) is 14.6. The monoisotopic (exact) mass is 323 g/mol. The summed E-state index contributed by atoms with van der Waals surface area (Å²) in [6, 6.07) is 15.8. The van der Waals surface area contributed by atoms with Crippen LogP contribution in [0.2, 0.25) is 0 Å². The Hall–Kier alpha value is -2.93. The number of benzene rings is 2. The second-order valence-corrected chi connectivity index (χ2v) is 5.67. The summed E-state index contributed by atoms with van der Waals surface area (Å²) in [4.78, 5) is 2.14. The Morgan fingerprint density at radius 1 is 1.04 bits per heavy atom. The number of para-hydroxylation sites is 2. The van der Waals surface area contributed by atoms with Gasteiger partial charge in [-0.2, -0.15) is 4.68 Å². The summed E-state index contributed by atoms with van der Waals surface area (Å²) in [5.41, 5.74) is 2.04. The van der Waals surface area contributed by atoms with Crippen LogP contribution in [0.3, 0.4) is 0 Å². The zero-order valence-corrected chi connectivity index (χ0v) is 13.3. The van der Waals surface area contributed by atoms with E-state index in [1.54, 1.807) is 4.68 Å². The molecule has 0 bridgehead atoms. The summed E-state index contributed by atoms with van der Waals surface area (Å²) in [5, 5.41) is 12.0. The van der Waals surface area contributed by atoms with Crippen molar-refractivity contribution in [3.63, 3.8) is 0 Å². The number of aromatic nitrogens is 4. The van der Waals surface area contributed by atoms with E-state index in [2.05, 4.69) is 20.4 Å². The number of fused-ring (bicyclic) bond motifs is 1. The first-order valence-electron chi connectivity index (χ1n) is 7.70. The van der Waals surface area contributed by atoms with Gasteiger partial charge in [0.1, 0.15) is 0 Å². The number of hydrogen-bond acceptors (Lipinski definition) is 6. The largest absolute Gasteiger partial charge is 0.454 e. The molecular formula is C17H17N5O2. The lowest BCUT2D eigenvalue weighted by atomic mass is 10.2. The normalized spacial score (nSPS) is 12.8. The Morgan fingerprint density at radius 3 is 2.79 bits per heavy atom. The summed E-state index contributed by atoms with van der Waals surface area (Å²) < 4.78 is 12.7. The third-order valence-corrected chi connectivity index (χ3v) is 3.86. The van der Waals surface area contributed by atoms with Crippen molar-refractivity contribution < 1.29 is 9.47 Å². The predicted molar refractivity (Wildman–Crippen MR) is 86.9 cm³/mol. The average Bonchev–Trinajstić information content (AvgIpc) is 3.25. The summed E-state index contributed by atoms with van der Waals surface area (Å²) >= 11 is 0. The minimum Gasteiger partial charge on any atom is -0.454 e. The van der Waals surface area contributed by atoms with E-state index < -0.39 is 0 Å². The van der Waals surface area contributed by atoms with Crippen LogP contribution in [-0.2, 0) is 13.1 Å². The van der Waals surface area contributed by atoms with Crippen LogP contribution < -0.4 is 9.47 Å². The van der Waals surface area contributed by atoms with E-state index in [-0.39, 0.29) is 6.79 Å². The molecular weight excluding hydrogens is 306 g/mol. The fraction of sp³-hybridized carbons (Fsp3) is 0.235. The molecule has 122 valence electrons. The molecule has 0 radical (unpaired) electrons. The van der Waals surface area contributed by atoms with Crippen molar-refractivity contribution in [3.05, 3.63) is 59.9 Å². The molecule has 0 amide bonds. The zero-order valence-electron chi connectivity index (χ0n) is 13.3. The summed E-state index contributed by atoms with van der Waals surface area (Å²) in [6.45, 7) is 1.61. The number of hydrogen-bond donors (Lipinski definition) is 0. The molecule has 0 saturated heterocycles. The lowest BCUT2D eigenvalue weighted by Gasteiger charge is -2.17. The van der Waals surface area contributed by atoms with Gasteiger partial charge in [-0.15, -0.1) is 5.10 Å². The van der Waals surface area contributed by atoms with Crippen molar-refractivity contribution in [1.82, 2.24) is 25.1 Å². The van der Waals surface area contributed by atoms with Gasteiger partial charge < -0.3 is 9.47 Å². The first-order chi connectivity index (χ1) is 11.8. The van der Waals surface area contributed by atoms with Crippen molar-refractivity contribution in [2.24, 2.45) is 0 Å². The van der Waals surface area contributed by atoms with Crippen molar-refractivity contribution in [2.75, 3.05) is 13.8 Å². The molecule has 0 N–H and O–H groups in total. The van der Waals surface area contributed by atoms with Gasteiger partial charge in [-0.05, 0) is 35.7 Å². The van der Waals surface area contributed by atoms with Crippen LogP contribution in [0.4, 0.5) is 0 Å². The average molecular weight is 323 g/mol. The maximum Gasteiger partial charge on any atom is 0.231 e. The van der Waals surface area contributed by atoms with Crippen LogP contribution in [0.5, 0.6) is 11.5 Å². The lowest BCUT2D eigenvalue weighted by Crippen LogP contribution is -2.20. The van der Waals surface area contributed by atoms with Gasteiger partial charge in [-0.1, -0.05) is 30.3 Å². The van der Waals surface area contributed by atoms with Crippen molar-refractivity contribution in [2.45, 2.75) is 13.1 Å². The molecule has 2 heterocycles. The SMILES string of the molecule is CN(Cc1cccc2c1OCO2)Cc1nnnn1-c1ccccc1. The minimum atomic E-state index is 0.280. The molecule has 0 aliphatic carbocycles. The maximum atomic E-state index is 5.56. The van der Waals surface area contributed by atoms with E-state index >= 15 is 0 Å². The van der Waals surface area contributed by atoms with Crippen LogP contribution in [0, 0.1) is 0 Å². The van der Waals surface area contributed by atoms with Crippen LogP contribution in [0.15, 0.2) is 48.5 Å². The molecule has 7 nitrogen and oxygen atoms in total. The third kappa shape index (κ3) is 2.81. The quantitative estimate of drug-likeness (QED) is 0.716. The van der Waals surface area contributed by atoms with Gasteiger partial charge in [0.15, 0.2) is 17.3 Å². The minimum absolute atomic E-state index is 0.280. The lowest BCUT2D eigenvalue weighted by molar-refractivity contribution is 0.172. The molecule has 7 heteroatoms. The molecule has 0 fully saturated rings. The van der Waals surface area contributed by atoms with Crippen molar-refractivity contribution in [3.8, 4) is 17.2 Å². The summed E-state index contributed by atoms with van der Waals surface area (Å²) in [7, 11) is 2.03. The van der Waals surface area contributed by atoms with Crippen molar-refractivity contribution >= 4 is 0 Å². The third-order valence-electron chi connectivity index (χ3n) is 3.86. The van der Waals surface area contributed by atoms with Crippen molar-refractivity contribution in [1.29, 1.82) is 0 Å². The highest BCUT2D eigenvalue weighted by Crippen LogP contribution is 2.35. The van der Waals surface area contributed by atoms with Gasteiger partial charge in [-0.3, -0.25) is 4.90 Å². The van der Waals surface area contributed by atoms with Gasteiger partial charge in [0, 0.05) is 12.1 Å². The molecule has 1 aliphatic rings. The fourth-order valence-corrected chi connectivity index (χ4v) is 2.78. The van der Waals surface area contributed by atoms with E-state index in [1.807, 2.05) is 55.6 Å². The van der Waals surface area contributed by atoms with E-state index in [0.29, 0.717) is 13.1 Å². The van der Waals surface area contributed by atoms with E-state index in [0.717, 1.165) is 28.6 Å². The van der Waals surface area contributed by atoms with E-state index in [1.165, 1.54) is 0 Å². The van der Waals surface area contributed by atoms with Gasteiger partial charge in [0.2, 0.25) is 6.79 Å². The number of tetrazole rings is 1. The van der Waals surface area contributed by atoms with Crippen LogP contribution in [0.25, 0.3) is 5.69 Å². The molecule has 4 rings (SSSR count). The zero-order chi connectivity index (χ0) is 16.4. The number of nitrogens with zero attached hydrogens (tertiary/aromatic N) is 5. The van der Waals surface area contributed by atoms with E-state index in [4.69, 9.17) is 9.47 Å². The Balaban J connectivity index is 1.51. The molecule has 1 aliphatic heterocycles. The molecule has 3 aromatic rings. The number of rotatable bonds is 5. The predicted octanol–water partition coefficient (Wildman–Crippen LogP) is 2.02. The Kier molecular flexibility index (Phi) is 3.84. The standard InChI is InChI=1S/C17H17N5O2/c1-21(10-13-6-5-9-15-17(13)24-12-23-15)11-16-18-19-20-22(16)14-7-3-2-4-8-14/h2-9H,10-12H2,1H3. The van der Waals surface area contributed by atoms with E-state index in [9.17, 15) is 0 Å². The van der Waals surface area contributed by atoms with Crippen LogP contribution >= 0.6 is 0 Å². The Morgan fingerprint density at radius 2 is 1.92 bits per heavy atom. The highest BCUT2D eigenvalue weighted by atomic mass is 16.7. The van der Waals surface area contributed by atoms with Gasteiger partial charge in [0.25, 0.3) is 0 Å². The van der Waals surface area contributed by atoms with Crippen LogP contribution in [0.1, 0.15) is 11.4 Å². The fourth-order valence-electron chi connectivity index (χ4n) is 2.78. The molecule has 0 spiro atoms. The second-order valence-electron chi connectivity index (χ2n) is 5.67. The topological polar surface area (TPSA) is 65.3 Å². The highest BCUT2D eigenvalue weighted by Gasteiger charge is 2.19. The summed E-state index contributed by atoms with van der Waals surface area (Å²) in [5.74, 6) is 2.41. The molecule has 24 heavy (non-hydrogen) atoms. The second kappa shape index (κ2) is 6.29. The molecule has 0 saturated carbocycles. The Labute approximate surface area is 139 Å². The number of ether oxygens (including phenoxy) is 2. The smallest absolute Gasteiger partial charge is 0.231 e. The summed E-state index contributed by atoms with van der Waals surface area (Å²) in [6.07, 6.45) is 0. The first-order valence-corrected chi connectivity index (χ1v) is 7.70. The van der Waals surface area contributed by atoms with Gasteiger partial charge >= 0.3 is 0 Å². The van der Waals surface area contributed by atoms with Gasteiger partial charge in [0.05, 0.1) is 12.2 Å². The Bertz CT molecular complexity index is 834.